The summed E-state index contributed by atoms with van der Waals surface area (Å²) < 4.78 is 2.03. The Morgan fingerprint density at radius 2 is 2.12 bits per heavy atom. The molecule has 1 aromatic heterocycles. The van der Waals surface area contributed by atoms with E-state index in [2.05, 4.69) is 0 Å². The topological polar surface area (TPSA) is 48.0 Å². The van der Waals surface area contributed by atoms with Crippen LogP contribution in [0.2, 0.25) is 5.02 Å². The van der Waals surface area contributed by atoms with Crippen molar-refractivity contribution in [2.24, 2.45) is 5.73 Å². The van der Waals surface area contributed by atoms with Crippen molar-refractivity contribution in [1.29, 1.82) is 0 Å². The molecule has 2 N–H and O–H groups in total. The molecule has 0 fully saturated rings. The maximum absolute atomic E-state index is 11.7. The van der Waals surface area contributed by atoms with Gasteiger partial charge in [-0.25, -0.2) is 0 Å². The van der Waals surface area contributed by atoms with Crippen LogP contribution in [0, 0.1) is 0 Å². The summed E-state index contributed by atoms with van der Waals surface area (Å²) in [6.07, 6.45) is 2.69. The summed E-state index contributed by atoms with van der Waals surface area (Å²) in [4.78, 5) is 11.7. The fourth-order valence-corrected chi connectivity index (χ4v) is 1.91. The highest BCUT2D eigenvalue weighted by atomic mass is 35.5. The first-order valence-corrected chi connectivity index (χ1v) is 5.59. The van der Waals surface area contributed by atoms with Crippen molar-refractivity contribution in [1.82, 2.24) is 4.57 Å². The Bertz CT molecular complexity index is 562. The van der Waals surface area contributed by atoms with Gasteiger partial charge in [-0.05, 0) is 31.2 Å². The zero-order valence-corrected chi connectivity index (χ0v) is 9.57. The molecule has 3 nitrogen and oxygen atoms in total. The van der Waals surface area contributed by atoms with E-state index in [4.69, 9.17) is 17.3 Å². The van der Waals surface area contributed by atoms with Crippen molar-refractivity contribution in [2.75, 3.05) is 6.54 Å². The molecule has 0 bridgehead atoms. The van der Waals surface area contributed by atoms with Gasteiger partial charge in [-0.3, -0.25) is 4.79 Å². The first kappa shape index (κ1) is 11.2. The number of nitrogens with zero attached hydrogens (tertiary/aromatic N) is 1. The molecule has 0 saturated carbocycles. The number of fused-ring (bicyclic) bond motifs is 1. The van der Waals surface area contributed by atoms with Crippen molar-refractivity contribution in [2.45, 2.75) is 13.0 Å². The third-order valence-electron chi connectivity index (χ3n) is 2.54. The summed E-state index contributed by atoms with van der Waals surface area (Å²) in [6, 6.07) is 6.94. The van der Waals surface area contributed by atoms with Gasteiger partial charge in [0.1, 0.15) is 0 Å². The van der Waals surface area contributed by atoms with E-state index in [1.54, 1.807) is 24.4 Å². The van der Waals surface area contributed by atoms with Gasteiger partial charge >= 0.3 is 0 Å². The van der Waals surface area contributed by atoms with Crippen molar-refractivity contribution in [3.05, 3.63) is 45.7 Å². The average Bonchev–Trinajstić information content (AvgIpc) is 2.29. The van der Waals surface area contributed by atoms with E-state index in [-0.39, 0.29) is 5.43 Å². The zero-order chi connectivity index (χ0) is 11.5. The molecule has 0 spiro atoms. The van der Waals surface area contributed by atoms with Gasteiger partial charge < -0.3 is 10.3 Å². The van der Waals surface area contributed by atoms with Crippen LogP contribution in [0.5, 0.6) is 0 Å². The molecule has 2 rings (SSSR count). The van der Waals surface area contributed by atoms with Crippen LogP contribution in [-0.2, 0) is 6.54 Å². The van der Waals surface area contributed by atoms with Crippen molar-refractivity contribution < 1.29 is 0 Å². The number of rotatable bonds is 3. The first-order chi connectivity index (χ1) is 7.72. The third kappa shape index (κ3) is 2.10. The van der Waals surface area contributed by atoms with Crippen LogP contribution in [-0.4, -0.2) is 11.1 Å². The fraction of sp³-hybridized carbons (Fsp3) is 0.250. The van der Waals surface area contributed by atoms with E-state index >= 15 is 0 Å². The van der Waals surface area contributed by atoms with E-state index < -0.39 is 0 Å². The Kier molecular flexibility index (Phi) is 3.27. The summed E-state index contributed by atoms with van der Waals surface area (Å²) in [5.41, 5.74) is 6.39. The Morgan fingerprint density at radius 1 is 1.31 bits per heavy atom. The molecule has 0 saturated heterocycles. The second-order valence-electron chi connectivity index (χ2n) is 3.68. The van der Waals surface area contributed by atoms with Crippen molar-refractivity contribution >= 4 is 22.5 Å². The van der Waals surface area contributed by atoms with Crippen molar-refractivity contribution in [3.63, 3.8) is 0 Å². The lowest BCUT2D eigenvalue weighted by molar-refractivity contribution is 0.666. The number of hydrogen-bond donors (Lipinski definition) is 1. The lowest BCUT2D eigenvalue weighted by Crippen LogP contribution is -2.10. The first-order valence-electron chi connectivity index (χ1n) is 5.21. The van der Waals surface area contributed by atoms with E-state index in [1.807, 2.05) is 10.6 Å². The molecular weight excluding hydrogens is 224 g/mol. The van der Waals surface area contributed by atoms with Crippen LogP contribution in [0.15, 0.2) is 35.3 Å². The van der Waals surface area contributed by atoms with Crippen LogP contribution in [0.4, 0.5) is 0 Å². The minimum Gasteiger partial charge on any atom is -0.347 e. The van der Waals surface area contributed by atoms with Gasteiger partial charge in [-0.2, -0.15) is 0 Å². The fourth-order valence-electron chi connectivity index (χ4n) is 1.74. The highest BCUT2D eigenvalue weighted by Crippen LogP contribution is 2.16. The predicted molar refractivity (Wildman–Crippen MR) is 66.9 cm³/mol. The van der Waals surface area contributed by atoms with Gasteiger partial charge in [0.2, 0.25) is 0 Å². The molecule has 16 heavy (non-hydrogen) atoms. The van der Waals surface area contributed by atoms with Crippen LogP contribution in [0.1, 0.15) is 6.42 Å². The molecule has 0 aliphatic heterocycles. The van der Waals surface area contributed by atoms with Gasteiger partial charge in [0.25, 0.3) is 0 Å². The number of hydrogen-bond acceptors (Lipinski definition) is 2. The smallest absolute Gasteiger partial charge is 0.189 e. The van der Waals surface area contributed by atoms with Gasteiger partial charge in [0, 0.05) is 29.2 Å². The molecule has 0 aliphatic carbocycles. The van der Waals surface area contributed by atoms with Crippen LogP contribution in [0.25, 0.3) is 10.9 Å². The summed E-state index contributed by atoms with van der Waals surface area (Å²) in [7, 11) is 0. The maximum Gasteiger partial charge on any atom is 0.189 e. The molecule has 1 aromatic carbocycles. The number of aryl methyl sites for hydroxylation is 1. The Balaban J connectivity index is 2.60. The lowest BCUT2D eigenvalue weighted by Gasteiger charge is -2.09. The second kappa shape index (κ2) is 4.68. The normalized spacial score (nSPS) is 10.9. The minimum atomic E-state index is 0.00139. The molecule has 84 valence electrons. The number of halogens is 1. The van der Waals surface area contributed by atoms with E-state index in [0.717, 1.165) is 18.5 Å². The Hall–Kier alpha value is -1.32. The van der Waals surface area contributed by atoms with Crippen LogP contribution < -0.4 is 11.2 Å². The van der Waals surface area contributed by atoms with Crippen LogP contribution >= 0.6 is 11.6 Å². The summed E-state index contributed by atoms with van der Waals surface area (Å²) in [5.74, 6) is 0. The molecule has 4 heteroatoms. The molecule has 0 aliphatic rings. The Morgan fingerprint density at radius 3 is 2.88 bits per heavy atom. The zero-order valence-electron chi connectivity index (χ0n) is 8.82. The molecule has 1 heterocycles. The standard InChI is InChI=1S/C12H13ClN2O/c13-9-2-3-11-10(8-9)12(16)4-7-15(11)6-1-5-14/h2-4,7-8H,1,5-6,14H2. The molecule has 2 aromatic rings. The monoisotopic (exact) mass is 236 g/mol. The van der Waals surface area contributed by atoms with E-state index in [1.165, 1.54) is 0 Å². The van der Waals surface area contributed by atoms with Gasteiger partial charge in [0.15, 0.2) is 5.43 Å². The molecule has 0 amide bonds. The summed E-state index contributed by atoms with van der Waals surface area (Å²) in [5, 5.41) is 1.24. The van der Waals surface area contributed by atoms with E-state index in [9.17, 15) is 4.79 Å². The molecule has 0 atom stereocenters. The molecule has 0 unspecified atom stereocenters. The highest BCUT2D eigenvalue weighted by molar-refractivity contribution is 6.31. The molecular formula is C12H13ClN2O. The van der Waals surface area contributed by atoms with E-state index in [0.29, 0.717) is 17.0 Å². The quantitative estimate of drug-likeness (QED) is 0.886. The van der Waals surface area contributed by atoms with Gasteiger partial charge in [0.05, 0.1) is 5.52 Å². The van der Waals surface area contributed by atoms with Crippen LogP contribution in [0.3, 0.4) is 0 Å². The minimum absolute atomic E-state index is 0.00139. The predicted octanol–water partition coefficient (Wildman–Crippen LogP) is 2.00. The number of benzene rings is 1. The maximum atomic E-state index is 11.7. The number of aromatic nitrogens is 1. The average molecular weight is 237 g/mol. The summed E-state index contributed by atoms with van der Waals surface area (Å²) >= 11 is 5.88. The number of pyridine rings is 1. The molecule has 0 radical (unpaired) electrons. The number of nitrogens with two attached hydrogens (primary N) is 1. The van der Waals surface area contributed by atoms with Gasteiger partial charge in [-0.1, -0.05) is 11.6 Å². The largest absolute Gasteiger partial charge is 0.347 e. The van der Waals surface area contributed by atoms with Crippen molar-refractivity contribution in [3.8, 4) is 0 Å². The summed E-state index contributed by atoms with van der Waals surface area (Å²) in [6.45, 7) is 1.45. The second-order valence-corrected chi connectivity index (χ2v) is 4.11. The lowest BCUT2D eigenvalue weighted by atomic mass is 10.2. The van der Waals surface area contributed by atoms with Gasteiger partial charge in [-0.15, -0.1) is 0 Å². The SMILES string of the molecule is NCCCn1ccc(=O)c2cc(Cl)ccc21. The highest BCUT2D eigenvalue weighted by Gasteiger charge is 2.02. The Labute approximate surface area is 98.4 Å². The third-order valence-corrected chi connectivity index (χ3v) is 2.78.